The molecule has 3 aromatic rings. The lowest BCUT2D eigenvalue weighted by Gasteiger charge is -2.14. The van der Waals surface area contributed by atoms with Crippen molar-refractivity contribution in [1.29, 1.82) is 0 Å². The van der Waals surface area contributed by atoms with E-state index in [9.17, 15) is 9.90 Å². The topological polar surface area (TPSA) is 58.4 Å². The van der Waals surface area contributed by atoms with Crippen molar-refractivity contribution >= 4 is 17.4 Å². The Hall–Kier alpha value is -2.47. The number of rotatable bonds is 9. The van der Waals surface area contributed by atoms with Gasteiger partial charge in [-0.25, -0.2) is 4.98 Å². The second-order valence-corrected chi connectivity index (χ2v) is 9.85. The normalized spacial score (nSPS) is 16.6. The van der Waals surface area contributed by atoms with Crippen LogP contribution in [0.4, 0.5) is 0 Å². The molecule has 1 unspecified atom stereocenters. The Morgan fingerprint density at radius 1 is 1.18 bits per heavy atom. The summed E-state index contributed by atoms with van der Waals surface area (Å²) in [6, 6.07) is 16.1. The average molecular weight is 466 g/mol. The van der Waals surface area contributed by atoms with Gasteiger partial charge in [-0.1, -0.05) is 61.8 Å². The monoisotopic (exact) mass is 465 g/mol. The van der Waals surface area contributed by atoms with Crippen molar-refractivity contribution in [2.24, 2.45) is 5.92 Å². The van der Waals surface area contributed by atoms with Gasteiger partial charge in [0.2, 0.25) is 0 Å². The van der Waals surface area contributed by atoms with Crippen LogP contribution in [0.2, 0.25) is 5.02 Å². The van der Waals surface area contributed by atoms with Gasteiger partial charge in [-0.05, 0) is 36.5 Å². The molecule has 2 aromatic carbocycles. The van der Waals surface area contributed by atoms with Crippen molar-refractivity contribution in [2.75, 3.05) is 19.6 Å². The van der Waals surface area contributed by atoms with Gasteiger partial charge in [0.15, 0.2) is 5.78 Å². The molecule has 1 fully saturated rings. The van der Waals surface area contributed by atoms with E-state index >= 15 is 0 Å². The minimum absolute atomic E-state index is 0.177. The number of likely N-dealkylation sites (tertiary alicyclic amines) is 1. The molecule has 6 heteroatoms. The third kappa shape index (κ3) is 6.32. The van der Waals surface area contributed by atoms with E-state index in [0.717, 1.165) is 55.1 Å². The van der Waals surface area contributed by atoms with Crippen molar-refractivity contribution in [3.05, 3.63) is 65.3 Å². The third-order valence-corrected chi connectivity index (χ3v) is 6.29. The van der Waals surface area contributed by atoms with Gasteiger partial charge in [-0.15, -0.1) is 0 Å². The lowest BCUT2D eigenvalue weighted by Crippen LogP contribution is -2.24. The quantitative estimate of drug-likeness (QED) is 0.478. The first-order valence-electron chi connectivity index (χ1n) is 11.7. The molecule has 33 heavy (non-hydrogen) atoms. The van der Waals surface area contributed by atoms with Gasteiger partial charge in [0.05, 0.1) is 18.3 Å². The van der Waals surface area contributed by atoms with Crippen molar-refractivity contribution in [3.63, 3.8) is 0 Å². The van der Waals surface area contributed by atoms with E-state index in [0.29, 0.717) is 23.9 Å². The number of benzene rings is 2. The molecular weight excluding hydrogens is 434 g/mol. The van der Waals surface area contributed by atoms with Crippen LogP contribution < -0.4 is 0 Å². The summed E-state index contributed by atoms with van der Waals surface area (Å²) >= 11 is 6.23. The van der Waals surface area contributed by atoms with Gasteiger partial charge in [-0.3, -0.25) is 4.79 Å². The Bertz CT molecular complexity index is 1090. The molecule has 4 rings (SSSR count). The largest absolute Gasteiger partial charge is 0.392 e. The number of Topliss-reactive ketones (excluding diaryl/α,β-unsaturated/α-hetero) is 1. The zero-order chi connectivity index (χ0) is 23.4. The summed E-state index contributed by atoms with van der Waals surface area (Å²) < 4.78 is 1.94. The number of hydrogen-bond donors (Lipinski definition) is 1. The van der Waals surface area contributed by atoms with Gasteiger partial charge in [-0.2, -0.15) is 0 Å². The molecule has 0 bridgehead atoms. The highest BCUT2D eigenvalue weighted by Gasteiger charge is 2.19. The minimum atomic E-state index is -0.177. The number of β-amino-alcohol motifs (C(OH)–C–C–N with tert-alkyl or cyclic N) is 1. The highest BCUT2D eigenvalue weighted by atomic mass is 35.5. The Balaban J connectivity index is 1.54. The number of halogens is 1. The summed E-state index contributed by atoms with van der Waals surface area (Å²) in [4.78, 5) is 19.8. The summed E-state index contributed by atoms with van der Waals surface area (Å²) in [5.41, 5.74) is 4.03. The Kier molecular flexibility index (Phi) is 7.63. The fraction of sp³-hybridized carbons (Fsp3) is 0.407. The lowest BCUT2D eigenvalue weighted by molar-refractivity contribution is -0.120. The number of carbonyl (C=O) groups excluding carboxylic acids is 1. The maximum absolute atomic E-state index is 12.6. The van der Waals surface area contributed by atoms with Crippen LogP contribution >= 0.6 is 11.6 Å². The molecule has 0 saturated carbocycles. The summed E-state index contributed by atoms with van der Waals surface area (Å²) in [6.07, 6.45) is 4.17. The average Bonchev–Trinajstić information content (AvgIpc) is 3.38. The maximum atomic E-state index is 12.6. The predicted molar refractivity (Wildman–Crippen MR) is 133 cm³/mol. The van der Waals surface area contributed by atoms with Crippen LogP contribution in [0.3, 0.4) is 0 Å². The number of hydrogen-bond acceptors (Lipinski definition) is 4. The van der Waals surface area contributed by atoms with E-state index in [2.05, 4.69) is 43.0 Å². The first kappa shape index (κ1) is 23.7. The van der Waals surface area contributed by atoms with E-state index in [1.807, 2.05) is 35.0 Å². The van der Waals surface area contributed by atoms with Gasteiger partial charge in [0.25, 0.3) is 0 Å². The molecule has 1 aliphatic rings. The number of aliphatic hydroxyl groups excluding tert-OH is 1. The Morgan fingerprint density at radius 2 is 1.97 bits per heavy atom. The smallest absolute Gasteiger partial charge is 0.152 e. The molecule has 0 aliphatic carbocycles. The number of carbonyl (C=O) groups is 1. The van der Waals surface area contributed by atoms with Crippen LogP contribution in [0.25, 0.3) is 22.6 Å². The first-order valence-corrected chi connectivity index (χ1v) is 12.1. The minimum Gasteiger partial charge on any atom is -0.392 e. The number of nitrogens with zero attached hydrogens (tertiary/aromatic N) is 3. The maximum Gasteiger partial charge on any atom is 0.152 e. The van der Waals surface area contributed by atoms with Crippen molar-refractivity contribution in [1.82, 2.24) is 14.5 Å². The van der Waals surface area contributed by atoms with Crippen LogP contribution in [-0.2, 0) is 17.8 Å². The fourth-order valence-electron chi connectivity index (χ4n) is 4.39. The van der Waals surface area contributed by atoms with Crippen molar-refractivity contribution < 1.29 is 9.90 Å². The van der Waals surface area contributed by atoms with Crippen LogP contribution in [0, 0.1) is 5.92 Å². The van der Waals surface area contributed by atoms with Gasteiger partial charge >= 0.3 is 0 Å². The van der Waals surface area contributed by atoms with E-state index in [1.165, 1.54) is 5.56 Å². The summed E-state index contributed by atoms with van der Waals surface area (Å²) in [5.74, 6) is 1.27. The molecule has 1 aromatic heterocycles. The molecule has 2 heterocycles. The van der Waals surface area contributed by atoms with Gasteiger partial charge < -0.3 is 14.6 Å². The predicted octanol–water partition coefficient (Wildman–Crippen LogP) is 5.09. The van der Waals surface area contributed by atoms with E-state index in [4.69, 9.17) is 16.6 Å². The second kappa shape index (κ2) is 10.6. The molecule has 1 atom stereocenters. The number of aromatic nitrogens is 2. The lowest BCUT2D eigenvalue weighted by atomic mass is 10.1. The molecule has 1 aliphatic heterocycles. The van der Waals surface area contributed by atoms with Gasteiger partial charge in [0, 0.05) is 48.4 Å². The summed E-state index contributed by atoms with van der Waals surface area (Å²) in [7, 11) is 0. The fourth-order valence-corrected chi connectivity index (χ4v) is 4.58. The van der Waals surface area contributed by atoms with Crippen molar-refractivity contribution in [2.45, 2.75) is 45.8 Å². The summed E-state index contributed by atoms with van der Waals surface area (Å²) in [6.45, 7) is 7.12. The molecule has 0 spiro atoms. The standard InChI is InChI=1S/C27H32ClN3O2/c1-19(2)14-25(33)17-31-18-26(29-27(31)22-4-3-5-23(28)15-22)21-8-6-20(7-9-21)10-12-30-13-11-24(32)16-30/h3-9,15,18-19,24,32H,10-14,16-17H2,1-2H3. The van der Waals surface area contributed by atoms with Gasteiger partial charge in [0.1, 0.15) is 5.82 Å². The van der Waals surface area contributed by atoms with Crippen LogP contribution in [-0.4, -0.2) is 51.1 Å². The number of imidazole rings is 1. The molecular formula is C27H32ClN3O2. The molecule has 1 saturated heterocycles. The van der Waals surface area contributed by atoms with Crippen LogP contribution in [0.5, 0.6) is 0 Å². The Labute approximate surface area is 201 Å². The number of ketones is 1. The molecule has 0 radical (unpaired) electrons. The third-order valence-electron chi connectivity index (χ3n) is 6.06. The second-order valence-electron chi connectivity index (χ2n) is 9.41. The Morgan fingerprint density at radius 3 is 2.64 bits per heavy atom. The molecule has 1 N–H and O–H groups in total. The zero-order valence-corrected chi connectivity index (χ0v) is 20.1. The highest BCUT2D eigenvalue weighted by Crippen LogP contribution is 2.27. The highest BCUT2D eigenvalue weighted by molar-refractivity contribution is 6.30. The zero-order valence-electron chi connectivity index (χ0n) is 19.4. The molecule has 0 amide bonds. The van der Waals surface area contributed by atoms with Crippen LogP contribution in [0.1, 0.15) is 32.3 Å². The van der Waals surface area contributed by atoms with E-state index < -0.39 is 0 Å². The molecule has 174 valence electrons. The van der Waals surface area contributed by atoms with E-state index in [1.54, 1.807) is 0 Å². The van der Waals surface area contributed by atoms with E-state index in [-0.39, 0.29) is 11.9 Å². The number of aliphatic hydroxyl groups is 1. The first-order chi connectivity index (χ1) is 15.9. The summed E-state index contributed by atoms with van der Waals surface area (Å²) in [5, 5.41) is 10.3. The van der Waals surface area contributed by atoms with Crippen LogP contribution in [0.15, 0.2) is 54.7 Å². The SMILES string of the molecule is CC(C)CC(=O)Cn1cc(-c2ccc(CCN3CCC(O)C3)cc2)nc1-c1cccc(Cl)c1. The molecule has 5 nitrogen and oxygen atoms in total. The van der Waals surface area contributed by atoms with Crippen molar-refractivity contribution in [3.8, 4) is 22.6 Å².